The fraction of sp³-hybridized carbons (Fsp3) is 0.321. The van der Waals surface area contributed by atoms with Crippen molar-refractivity contribution in [2.75, 3.05) is 34.4 Å². The highest BCUT2D eigenvalue weighted by Gasteiger charge is 2.49. The molecule has 4 heterocycles. The first-order valence-corrected chi connectivity index (χ1v) is 13.7. The number of alkyl halides is 3. The molecule has 11 nitrogen and oxygen atoms in total. The lowest BCUT2D eigenvalue weighted by Gasteiger charge is -2.37. The van der Waals surface area contributed by atoms with E-state index in [0.29, 0.717) is 22.4 Å². The Morgan fingerprint density at radius 2 is 2.02 bits per heavy atom. The van der Waals surface area contributed by atoms with Gasteiger partial charge in [-0.1, -0.05) is 6.07 Å². The van der Waals surface area contributed by atoms with Crippen LogP contribution in [0, 0.1) is 0 Å². The van der Waals surface area contributed by atoms with Crippen LogP contribution in [0.2, 0.25) is 0 Å². The quantitative estimate of drug-likeness (QED) is 0.330. The van der Waals surface area contributed by atoms with Crippen LogP contribution in [0.3, 0.4) is 0 Å². The molecular weight excluding hydrogens is 591 g/mol. The standard InChI is InChI=1S/C28H26F3N5O6S/c1-27(26(39)33-11-17-18(40-4)6-5-9-32-17)14-41-22-16-8-7-15(24-34-20(13-43-24)28(29,30)31)10-19(16)42-23(22)25(38)36(27)12-21(37)35(2)3/h5-10,13H,11-12,14H2,1-4H3,(H,33,39)/t27-/m1/s1. The van der Waals surface area contributed by atoms with E-state index in [9.17, 15) is 27.6 Å². The predicted octanol–water partition coefficient (Wildman–Crippen LogP) is 3.98. The number of hydrogen-bond acceptors (Lipinski definition) is 9. The lowest BCUT2D eigenvalue weighted by atomic mass is 9.99. The van der Waals surface area contributed by atoms with Crippen LogP contribution in [0.25, 0.3) is 21.5 Å². The van der Waals surface area contributed by atoms with Gasteiger partial charge in [0.2, 0.25) is 17.6 Å². The maximum atomic E-state index is 14.0. The number of halogens is 3. The average molecular weight is 618 g/mol. The van der Waals surface area contributed by atoms with E-state index in [1.807, 2.05) is 0 Å². The highest BCUT2D eigenvalue weighted by Crippen LogP contribution is 2.41. The smallest absolute Gasteiger partial charge is 0.434 e. The molecule has 1 atom stereocenters. The summed E-state index contributed by atoms with van der Waals surface area (Å²) in [6, 6.07) is 7.91. The summed E-state index contributed by atoms with van der Waals surface area (Å²) in [6.45, 7) is 0.651. The maximum Gasteiger partial charge on any atom is 0.434 e. The Morgan fingerprint density at radius 1 is 1.26 bits per heavy atom. The van der Waals surface area contributed by atoms with E-state index in [0.717, 1.165) is 21.6 Å². The van der Waals surface area contributed by atoms with Gasteiger partial charge in [0, 0.05) is 31.2 Å². The number of pyridine rings is 1. The topological polar surface area (TPSA) is 127 Å². The molecule has 0 saturated heterocycles. The van der Waals surface area contributed by atoms with Crippen molar-refractivity contribution in [3.05, 3.63) is 59.1 Å². The van der Waals surface area contributed by atoms with E-state index in [-0.39, 0.29) is 35.3 Å². The zero-order chi connectivity index (χ0) is 31.1. The molecule has 0 radical (unpaired) electrons. The van der Waals surface area contributed by atoms with Gasteiger partial charge in [-0.3, -0.25) is 19.4 Å². The molecular formula is C28H26F3N5O6S. The van der Waals surface area contributed by atoms with Gasteiger partial charge >= 0.3 is 6.18 Å². The Morgan fingerprint density at radius 3 is 2.70 bits per heavy atom. The van der Waals surface area contributed by atoms with Crippen LogP contribution < -0.4 is 14.8 Å². The molecule has 1 aliphatic rings. The number of nitrogens with zero attached hydrogens (tertiary/aromatic N) is 4. The maximum absolute atomic E-state index is 14.0. The Kier molecular flexibility index (Phi) is 7.77. The summed E-state index contributed by atoms with van der Waals surface area (Å²) < 4.78 is 56.4. The Balaban J connectivity index is 1.49. The summed E-state index contributed by atoms with van der Waals surface area (Å²) in [4.78, 5) is 50.7. The number of amides is 3. The minimum absolute atomic E-state index is 0.0237. The van der Waals surface area contributed by atoms with E-state index >= 15 is 0 Å². The number of hydrogen-bond donors (Lipinski definition) is 1. The van der Waals surface area contributed by atoms with Crippen LogP contribution in [-0.2, 0) is 22.3 Å². The molecule has 0 spiro atoms. The number of furan rings is 1. The van der Waals surface area contributed by atoms with E-state index in [4.69, 9.17) is 13.9 Å². The molecule has 3 aromatic heterocycles. The Bertz CT molecular complexity index is 1720. The minimum Gasteiger partial charge on any atom is -0.495 e. The number of thiazole rings is 1. The van der Waals surface area contributed by atoms with E-state index in [2.05, 4.69) is 15.3 Å². The van der Waals surface area contributed by atoms with Crippen LogP contribution in [0.4, 0.5) is 13.2 Å². The molecule has 1 N–H and O–H groups in total. The van der Waals surface area contributed by atoms with Gasteiger partial charge in [0.1, 0.15) is 35.2 Å². The summed E-state index contributed by atoms with van der Waals surface area (Å²) >= 11 is 0.817. The fourth-order valence-corrected chi connectivity index (χ4v) is 5.30. The van der Waals surface area contributed by atoms with Crippen LogP contribution in [0.1, 0.15) is 28.9 Å². The number of likely N-dealkylation sites (N-methyl/N-ethyl adjacent to an activating group) is 1. The van der Waals surface area contributed by atoms with Crippen LogP contribution in [-0.4, -0.2) is 77.4 Å². The molecule has 226 valence electrons. The van der Waals surface area contributed by atoms with E-state index < -0.39 is 41.7 Å². The van der Waals surface area contributed by atoms with E-state index in [1.165, 1.54) is 45.2 Å². The van der Waals surface area contributed by atoms with Gasteiger partial charge in [-0.05, 0) is 31.2 Å². The number of carbonyl (C=O) groups is 3. The van der Waals surface area contributed by atoms with Crippen molar-refractivity contribution in [1.29, 1.82) is 0 Å². The fourth-order valence-electron chi connectivity index (χ4n) is 4.47. The highest BCUT2D eigenvalue weighted by molar-refractivity contribution is 7.13. The number of methoxy groups -OCH3 is 1. The zero-order valence-electron chi connectivity index (χ0n) is 23.4. The molecule has 15 heteroatoms. The van der Waals surface area contributed by atoms with Gasteiger partial charge in [-0.15, -0.1) is 11.3 Å². The molecule has 5 rings (SSSR count). The van der Waals surface area contributed by atoms with Crippen molar-refractivity contribution in [1.82, 2.24) is 25.1 Å². The number of nitrogens with one attached hydrogen (secondary N) is 1. The molecule has 3 amide bonds. The third kappa shape index (κ3) is 5.59. The monoisotopic (exact) mass is 617 g/mol. The summed E-state index contributed by atoms with van der Waals surface area (Å²) in [6.07, 6.45) is -3.04. The summed E-state index contributed by atoms with van der Waals surface area (Å²) in [5.41, 5.74) is -1.71. The number of rotatable bonds is 7. The number of fused-ring (bicyclic) bond motifs is 3. The third-order valence-corrected chi connectivity index (χ3v) is 7.88. The number of benzene rings is 1. The SMILES string of the molecule is COc1cccnc1CNC(=O)[C@@]1(C)COc2c(oc3cc(-c4nc(C(F)(F)F)cs4)ccc23)C(=O)N1CC(=O)N(C)C. The summed E-state index contributed by atoms with van der Waals surface area (Å²) in [7, 11) is 4.51. The molecule has 0 aliphatic carbocycles. The highest BCUT2D eigenvalue weighted by atomic mass is 32.1. The van der Waals surface area contributed by atoms with Gasteiger partial charge < -0.3 is 29.0 Å². The number of carbonyl (C=O) groups excluding carboxylic acids is 3. The second-order valence-corrected chi connectivity index (χ2v) is 10.9. The summed E-state index contributed by atoms with van der Waals surface area (Å²) in [5.74, 6) is -1.59. The molecule has 0 unspecified atom stereocenters. The van der Waals surface area contributed by atoms with Crippen LogP contribution >= 0.6 is 11.3 Å². The van der Waals surface area contributed by atoms with E-state index in [1.54, 1.807) is 24.4 Å². The van der Waals surface area contributed by atoms with Gasteiger partial charge in [-0.25, -0.2) is 4.98 Å². The first-order valence-electron chi connectivity index (χ1n) is 12.8. The lowest BCUT2D eigenvalue weighted by molar-refractivity contribution is -0.140. The average Bonchev–Trinajstić information content (AvgIpc) is 3.60. The Hall–Kier alpha value is -4.66. The van der Waals surface area contributed by atoms with Crippen molar-refractivity contribution in [3.8, 4) is 22.1 Å². The summed E-state index contributed by atoms with van der Waals surface area (Å²) in [5, 5.41) is 4.15. The van der Waals surface area contributed by atoms with Crippen LogP contribution in [0.5, 0.6) is 11.5 Å². The lowest BCUT2D eigenvalue weighted by Crippen LogP contribution is -2.62. The van der Waals surface area contributed by atoms with Crippen molar-refractivity contribution >= 4 is 40.0 Å². The van der Waals surface area contributed by atoms with Gasteiger partial charge in [-0.2, -0.15) is 13.2 Å². The van der Waals surface area contributed by atoms with Crippen molar-refractivity contribution in [2.24, 2.45) is 0 Å². The molecule has 1 aromatic carbocycles. The molecule has 43 heavy (non-hydrogen) atoms. The van der Waals surface area contributed by atoms with Gasteiger partial charge in [0.05, 0.1) is 19.0 Å². The molecule has 0 saturated carbocycles. The Labute approximate surface area is 247 Å². The third-order valence-electron chi connectivity index (χ3n) is 6.98. The molecule has 0 fully saturated rings. The molecule has 0 bridgehead atoms. The second kappa shape index (κ2) is 11.2. The number of ether oxygens (including phenoxy) is 2. The zero-order valence-corrected chi connectivity index (χ0v) is 24.3. The predicted molar refractivity (Wildman–Crippen MR) is 149 cm³/mol. The minimum atomic E-state index is -4.59. The first-order chi connectivity index (χ1) is 20.3. The number of aromatic nitrogens is 2. The second-order valence-electron chi connectivity index (χ2n) is 10.1. The first kappa shape index (κ1) is 29.8. The molecule has 1 aliphatic heterocycles. The van der Waals surface area contributed by atoms with Crippen LogP contribution in [0.15, 0.2) is 46.3 Å². The normalized spacial score (nSPS) is 16.8. The van der Waals surface area contributed by atoms with Gasteiger partial charge in [0.15, 0.2) is 17.0 Å². The van der Waals surface area contributed by atoms with Gasteiger partial charge in [0.25, 0.3) is 5.91 Å². The van der Waals surface area contributed by atoms with Crippen molar-refractivity contribution in [3.63, 3.8) is 0 Å². The molecule has 4 aromatic rings. The largest absolute Gasteiger partial charge is 0.495 e. The van der Waals surface area contributed by atoms with Crippen molar-refractivity contribution in [2.45, 2.75) is 25.2 Å². The van der Waals surface area contributed by atoms with Crippen molar-refractivity contribution < 1.29 is 41.4 Å².